The van der Waals surface area contributed by atoms with E-state index in [0.717, 1.165) is 19.3 Å². The van der Waals surface area contributed by atoms with Crippen LogP contribution in [0.2, 0.25) is 5.02 Å². The van der Waals surface area contributed by atoms with Gasteiger partial charge in [0.25, 0.3) is 5.91 Å². The third-order valence-electron chi connectivity index (χ3n) is 6.57. The van der Waals surface area contributed by atoms with E-state index in [1.807, 2.05) is 11.8 Å². The number of benzene rings is 1. The van der Waals surface area contributed by atoms with E-state index in [9.17, 15) is 14.0 Å². The molecule has 3 heterocycles. The van der Waals surface area contributed by atoms with Crippen molar-refractivity contribution >= 4 is 23.4 Å². The second-order valence-electron chi connectivity index (χ2n) is 9.33. The molecular weight excluding hydrogens is 475 g/mol. The Morgan fingerprint density at radius 3 is 2.63 bits per heavy atom. The summed E-state index contributed by atoms with van der Waals surface area (Å²) in [7, 11) is 0. The second kappa shape index (κ2) is 11.4. The van der Waals surface area contributed by atoms with E-state index in [1.165, 1.54) is 12.1 Å². The zero-order chi connectivity index (χ0) is 24.8. The molecule has 0 unspecified atom stereocenters. The van der Waals surface area contributed by atoms with Crippen molar-refractivity contribution in [2.24, 2.45) is 5.41 Å². The Morgan fingerprint density at radius 2 is 1.91 bits per heavy atom. The third kappa shape index (κ3) is 6.32. The zero-order valence-electron chi connectivity index (χ0n) is 20.0. The molecule has 1 aromatic carbocycles. The van der Waals surface area contributed by atoms with Crippen LogP contribution in [0, 0.1) is 11.2 Å². The number of carbonyl (C=O) groups excluding carboxylic acids is 2. The number of morpholine rings is 1. The van der Waals surface area contributed by atoms with Crippen molar-refractivity contribution in [3.63, 3.8) is 0 Å². The zero-order valence-corrected chi connectivity index (χ0v) is 20.8. The maximum atomic E-state index is 13.4. The Labute approximate surface area is 209 Å². The van der Waals surface area contributed by atoms with Crippen molar-refractivity contribution in [3.8, 4) is 5.75 Å². The number of hydrogen-bond acceptors (Lipinski definition) is 5. The SMILES string of the molecule is CCCn1cc(Cl)c(C(=O)N2CCC[C@](COc3ccc(F)cc3)(CC(=O)N3CCOCC3)C2)n1. The fourth-order valence-electron chi connectivity index (χ4n) is 4.74. The first-order valence-electron chi connectivity index (χ1n) is 12.2. The van der Waals surface area contributed by atoms with E-state index < -0.39 is 5.41 Å². The number of amides is 2. The van der Waals surface area contributed by atoms with Gasteiger partial charge in [-0.1, -0.05) is 18.5 Å². The predicted octanol–water partition coefficient (Wildman–Crippen LogP) is 3.64. The number of ether oxygens (including phenoxy) is 2. The molecule has 2 aliphatic rings. The minimum atomic E-state index is -0.587. The standard InChI is InChI=1S/C25H32ClFN4O4/c1-2-9-31-16-21(26)23(28-31)24(33)30-10-3-8-25(17-30,15-22(32)29-11-13-34-14-12-29)18-35-20-6-4-19(27)5-7-20/h4-7,16H,2-3,8-15,17-18H2,1H3/t25-/m0/s1. The lowest BCUT2D eigenvalue weighted by Gasteiger charge is -2.43. The monoisotopic (exact) mass is 506 g/mol. The highest BCUT2D eigenvalue weighted by Gasteiger charge is 2.42. The first kappa shape index (κ1) is 25.4. The summed E-state index contributed by atoms with van der Waals surface area (Å²) in [5.74, 6) is -0.0390. The maximum Gasteiger partial charge on any atom is 0.275 e. The van der Waals surface area contributed by atoms with E-state index in [1.54, 1.807) is 27.9 Å². The molecule has 2 fully saturated rings. The highest BCUT2D eigenvalue weighted by atomic mass is 35.5. The number of halogens is 2. The van der Waals surface area contributed by atoms with Crippen LogP contribution in [-0.4, -0.2) is 77.4 Å². The van der Waals surface area contributed by atoms with Gasteiger partial charge in [-0.2, -0.15) is 5.10 Å². The summed E-state index contributed by atoms with van der Waals surface area (Å²) < 4.78 is 26.5. The number of carbonyl (C=O) groups is 2. The Bertz CT molecular complexity index is 1020. The average Bonchev–Trinajstić information content (AvgIpc) is 3.24. The van der Waals surface area contributed by atoms with Gasteiger partial charge in [-0.05, 0) is 43.5 Å². The lowest BCUT2D eigenvalue weighted by Crippen LogP contribution is -2.52. The largest absolute Gasteiger partial charge is 0.493 e. The molecule has 0 saturated carbocycles. The number of aromatic nitrogens is 2. The van der Waals surface area contributed by atoms with Crippen molar-refractivity contribution < 1.29 is 23.5 Å². The summed E-state index contributed by atoms with van der Waals surface area (Å²) in [6.07, 6.45) is 4.25. The van der Waals surface area contributed by atoms with E-state index >= 15 is 0 Å². The van der Waals surface area contributed by atoms with Gasteiger partial charge in [-0.3, -0.25) is 14.3 Å². The van der Waals surface area contributed by atoms with Crippen molar-refractivity contribution in [3.05, 3.63) is 47.0 Å². The molecule has 0 aliphatic carbocycles. The van der Waals surface area contributed by atoms with Crippen LogP contribution in [0.4, 0.5) is 4.39 Å². The summed E-state index contributed by atoms with van der Waals surface area (Å²) >= 11 is 6.35. The van der Waals surface area contributed by atoms with Gasteiger partial charge < -0.3 is 19.3 Å². The van der Waals surface area contributed by atoms with E-state index in [4.69, 9.17) is 21.1 Å². The van der Waals surface area contributed by atoms with E-state index in [-0.39, 0.29) is 36.4 Å². The summed E-state index contributed by atoms with van der Waals surface area (Å²) in [5, 5.41) is 4.72. The lowest BCUT2D eigenvalue weighted by molar-refractivity contribution is -0.139. The fourth-order valence-corrected chi connectivity index (χ4v) is 4.97. The van der Waals surface area contributed by atoms with Gasteiger partial charge in [0, 0.05) is 50.8 Å². The van der Waals surface area contributed by atoms with Gasteiger partial charge in [-0.15, -0.1) is 0 Å². The lowest BCUT2D eigenvalue weighted by atomic mass is 9.77. The molecule has 2 aromatic rings. The van der Waals surface area contributed by atoms with Crippen molar-refractivity contribution in [1.82, 2.24) is 19.6 Å². The quantitative estimate of drug-likeness (QED) is 0.546. The first-order chi connectivity index (χ1) is 16.9. The van der Waals surface area contributed by atoms with Gasteiger partial charge in [-0.25, -0.2) is 4.39 Å². The fraction of sp³-hybridized carbons (Fsp3) is 0.560. The number of aryl methyl sites for hydroxylation is 1. The third-order valence-corrected chi connectivity index (χ3v) is 6.85. The normalized spacial score (nSPS) is 20.7. The number of likely N-dealkylation sites (tertiary alicyclic amines) is 1. The number of rotatable bonds is 8. The van der Waals surface area contributed by atoms with E-state index in [2.05, 4.69) is 5.10 Å². The number of hydrogen-bond donors (Lipinski definition) is 0. The van der Waals surface area contributed by atoms with E-state index in [0.29, 0.717) is 56.7 Å². The highest BCUT2D eigenvalue weighted by molar-refractivity contribution is 6.33. The maximum absolute atomic E-state index is 13.4. The smallest absolute Gasteiger partial charge is 0.275 e. The molecule has 2 aliphatic heterocycles. The summed E-state index contributed by atoms with van der Waals surface area (Å²) in [5.41, 5.74) is -0.356. The van der Waals surface area contributed by atoms with Crippen molar-refractivity contribution in [1.29, 1.82) is 0 Å². The van der Waals surface area contributed by atoms with Crippen LogP contribution in [0.5, 0.6) is 5.75 Å². The molecule has 10 heteroatoms. The Hall–Kier alpha value is -2.65. The molecule has 0 bridgehead atoms. The minimum Gasteiger partial charge on any atom is -0.493 e. The molecule has 0 radical (unpaired) electrons. The van der Waals surface area contributed by atoms with Gasteiger partial charge in [0.15, 0.2) is 5.69 Å². The predicted molar refractivity (Wildman–Crippen MR) is 129 cm³/mol. The number of piperidine rings is 1. The van der Waals surface area contributed by atoms with Crippen LogP contribution >= 0.6 is 11.6 Å². The summed E-state index contributed by atoms with van der Waals surface area (Å²) in [4.78, 5) is 30.2. The van der Waals surface area contributed by atoms with Gasteiger partial charge >= 0.3 is 0 Å². The van der Waals surface area contributed by atoms with Gasteiger partial charge in [0.1, 0.15) is 11.6 Å². The Kier molecular flexibility index (Phi) is 8.28. The van der Waals surface area contributed by atoms with Crippen LogP contribution in [0.3, 0.4) is 0 Å². The number of nitrogens with zero attached hydrogens (tertiary/aromatic N) is 4. The summed E-state index contributed by atoms with van der Waals surface area (Å²) in [6.45, 7) is 6.00. The van der Waals surface area contributed by atoms with Crippen molar-refractivity contribution in [2.75, 3.05) is 46.0 Å². The van der Waals surface area contributed by atoms with Gasteiger partial charge in [0.05, 0.1) is 24.8 Å². The highest BCUT2D eigenvalue weighted by Crippen LogP contribution is 2.36. The molecular formula is C25H32ClFN4O4. The molecule has 1 aromatic heterocycles. The van der Waals surface area contributed by atoms with Crippen LogP contribution in [-0.2, 0) is 16.1 Å². The van der Waals surface area contributed by atoms with Crippen LogP contribution in [0.1, 0.15) is 43.1 Å². The Morgan fingerprint density at radius 1 is 1.17 bits per heavy atom. The molecule has 2 saturated heterocycles. The van der Waals surface area contributed by atoms with Crippen molar-refractivity contribution in [2.45, 2.75) is 39.2 Å². The average molecular weight is 507 g/mol. The molecule has 1 atom stereocenters. The Balaban J connectivity index is 1.53. The molecule has 0 N–H and O–H groups in total. The first-order valence-corrected chi connectivity index (χ1v) is 12.5. The second-order valence-corrected chi connectivity index (χ2v) is 9.74. The molecule has 0 spiro atoms. The molecule has 8 nitrogen and oxygen atoms in total. The molecule has 190 valence electrons. The molecule has 4 rings (SSSR count). The van der Waals surface area contributed by atoms with Crippen LogP contribution in [0.15, 0.2) is 30.5 Å². The molecule has 35 heavy (non-hydrogen) atoms. The minimum absolute atomic E-state index is 0.0237. The van der Waals surface area contributed by atoms with Gasteiger partial charge in [0.2, 0.25) is 5.91 Å². The van der Waals surface area contributed by atoms with Crippen LogP contribution in [0.25, 0.3) is 0 Å². The summed E-state index contributed by atoms with van der Waals surface area (Å²) in [6, 6.07) is 5.82. The van der Waals surface area contributed by atoms with Crippen LogP contribution < -0.4 is 4.74 Å². The topological polar surface area (TPSA) is 76.9 Å². The molecule has 2 amide bonds.